The highest BCUT2D eigenvalue weighted by Crippen LogP contribution is 2.38. The molecule has 0 N–H and O–H groups in total. The summed E-state index contributed by atoms with van der Waals surface area (Å²) in [5, 5.41) is 1.03. The average molecular weight is 277 g/mol. The van der Waals surface area contributed by atoms with Crippen LogP contribution in [0.1, 0.15) is 26.2 Å². The van der Waals surface area contributed by atoms with Gasteiger partial charge in [-0.3, -0.25) is 9.63 Å². The number of likely N-dealkylation sites (N-methyl/N-ethyl adjacent to an activating group) is 1. The van der Waals surface area contributed by atoms with Crippen LogP contribution in [0.5, 0.6) is 0 Å². The lowest BCUT2D eigenvalue weighted by Gasteiger charge is -2.27. The van der Waals surface area contributed by atoms with Gasteiger partial charge in [0.05, 0.1) is 7.11 Å². The second kappa shape index (κ2) is 6.23. The summed E-state index contributed by atoms with van der Waals surface area (Å²) >= 11 is 0. The Balaban J connectivity index is 3.02. The minimum Gasteiger partial charge on any atom is -0.274 e. The van der Waals surface area contributed by atoms with Gasteiger partial charge in [-0.05, 0) is 18.8 Å². The Hall–Kier alpha value is -1.30. The van der Waals surface area contributed by atoms with E-state index in [1.165, 1.54) is 20.2 Å². The number of carbonyl (C=O) groups is 1. The van der Waals surface area contributed by atoms with Crippen LogP contribution < -0.4 is 0 Å². The SMILES string of the molecule is CCCC1CC(C(F)(F)F)=CC=C1C(=O)N(C)OC. The molecule has 0 aromatic heterocycles. The van der Waals surface area contributed by atoms with Gasteiger partial charge in [0.1, 0.15) is 0 Å². The van der Waals surface area contributed by atoms with E-state index in [9.17, 15) is 18.0 Å². The molecule has 3 nitrogen and oxygen atoms in total. The third-order valence-electron chi connectivity index (χ3n) is 3.18. The zero-order chi connectivity index (χ0) is 14.6. The first-order chi connectivity index (χ1) is 8.81. The van der Waals surface area contributed by atoms with Gasteiger partial charge in [0.2, 0.25) is 0 Å². The molecule has 19 heavy (non-hydrogen) atoms. The minimum absolute atomic E-state index is 0.146. The molecule has 1 rings (SSSR count). The van der Waals surface area contributed by atoms with Crippen LogP contribution in [-0.2, 0) is 9.63 Å². The van der Waals surface area contributed by atoms with E-state index in [1.807, 2.05) is 6.92 Å². The van der Waals surface area contributed by atoms with Crippen LogP contribution in [0.3, 0.4) is 0 Å². The van der Waals surface area contributed by atoms with E-state index in [1.54, 1.807) is 0 Å². The molecule has 0 heterocycles. The third kappa shape index (κ3) is 3.83. The number of rotatable bonds is 4. The standard InChI is InChI=1S/C13H18F3NO2/c1-4-5-9-8-10(13(14,15)16)6-7-11(9)12(18)17(2)19-3/h6-7,9H,4-5,8H2,1-3H3. The predicted octanol–water partition coefficient (Wildman–Crippen LogP) is 3.24. The van der Waals surface area contributed by atoms with Crippen molar-refractivity contribution in [3.63, 3.8) is 0 Å². The van der Waals surface area contributed by atoms with Crippen molar-refractivity contribution in [1.82, 2.24) is 5.06 Å². The number of hydrogen-bond acceptors (Lipinski definition) is 2. The molecule has 0 radical (unpaired) electrons. The summed E-state index contributed by atoms with van der Waals surface area (Å²) < 4.78 is 38.1. The van der Waals surface area contributed by atoms with Crippen LogP contribution in [0.2, 0.25) is 0 Å². The topological polar surface area (TPSA) is 29.5 Å². The van der Waals surface area contributed by atoms with Crippen LogP contribution >= 0.6 is 0 Å². The van der Waals surface area contributed by atoms with Crippen molar-refractivity contribution in [3.05, 3.63) is 23.3 Å². The number of amides is 1. The maximum absolute atomic E-state index is 12.7. The fraction of sp³-hybridized carbons (Fsp3) is 0.615. The van der Waals surface area contributed by atoms with E-state index in [0.29, 0.717) is 12.0 Å². The summed E-state index contributed by atoms with van der Waals surface area (Å²) in [4.78, 5) is 16.8. The van der Waals surface area contributed by atoms with E-state index in [0.717, 1.165) is 17.6 Å². The second-order valence-corrected chi connectivity index (χ2v) is 4.49. The first-order valence-electron chi connectivity index (χ1n) is 6.11. The first kappa shape index (κ1) is 15.8. The van der Waals surface area contributed by atoms with Crippen LogP contribution in [-0.4, -0.2) is 31.3 Å². The quantitative estimate of drug-likeness (QED) is 0.738. The van der Waals surface area contributed by atoms with Gasteiger partial charge in [0.15, 0.2) is 0 Å². The first-order valence-corrected chi connectivity index (χ1v) is 6.11. The van der Waals surface area contributed by atoms with Crippen molar-refractivity contribution in [2.75, 3.05) is 14.2 Å². The van der Waals surface area contributed by atoms with Crippen molar-refractivity contribution in [2.24, 2.45) is 5.92 Å². The Morgan fingerprint density at radius 1 is 1.47 bits per heavy atom. The Labute approximate surface area is 110 Å². The van der Waals surface area contributed by atoms with Gasteiger partial charge in [-0.2, -0.15) is 13.2 Å². The highest BCUT2D eigenvalue weighted by molar-refractivity contribution is 5.93. The second-order valence-electron chi connectivity index (χ2n) is 4.49. The van der Waals surface area contributed by atoms with Crippen LogP contribution in [0.4, 0.5) is 13.2 Å². The molecule has 1 unspecified atom stereocenters. The highest BCUT2D eigenvalue weighted by Gasteiger charge is 2.38. The number of alkyl halides is 3. The Kier molecular flexibility index (Phi) is 5.17. The molecule has 1 aliphatic rings. The molecular weight excluding hydrogens is 259 g/mol. The monoisotopic (exact) mass is 277 g/mol. The summed E-state index contributed by atoms with van der Waals surface area (Å²) in [6.45, 7) is 1.88. The summed E-state index contributed by atoms with van der Waals surface area (Å²) in [7, 11) is 2.78. The lowest BCUT2D eigenvalue weighted by molar-refractivity contribution is -0.164. The summed E-state index contributed by atoms with van der Waals surface area (Å²) in [5.74, 6) is -0.796. The third-order valence-corrected chi connectivity index (χ3v) is 3.18. The van der Waals surface area contributed by atoms with Crippen molar-refractivity contribution >= 4 is 5.91 Å². The summed E-state index contributed by atoms with van der Waals surface area (Å²) in [5.41, 5.74) is -0.207. The molecule has 1 aliphatic carbocycles. The molecule has 1 atom stereocenters. The molecule has 0 saturated carbocycles. The summed E-state index contributed by atoms with van der Waals surface area (Å²) in [6.07, 6.45) is -0.955. The molecular formula is C13H18F3NO2. The lowest BCUT2D eigenvalue weighted by Crippen LogP contribution is -2.31. The fourth-order valence-electron chi connectivity index (χ4n) is 2.10. The molecule has 6 heteroatoms. The van der Waals surface area contributed by atoms with E-state index in [4.69, 9.17) is 4.84 Å². The molecule has 0 aromatic rings. The zero-order valence-corrected chi connectivity index (χ0v) is 11.3. The van der Waals surface area contributed by atoms with Gasteiger partial charge >= 0.3 is 6.18 Å². The average Bonchev–Trinajstić information content (AvgIpc) is 2.36. The van der Waals surface area contributed by atoms with Crippen LogP contribution in [0.15, 0.2) is 23.3 Å². The van der Waals surface area contributed by atoms with Crippen LogP contribution in [0, 0.1) is 5.92 Å². The van der Waals surface area contributed by atoms with Crippen molar-refractivity contribution in [3.8, 4) is 0 Å². The van der Waals surface area contributed by atoms with E-state index in [-0.39, 0.29) is 6.42 Å². The van der Waals surface area contributed by atoms with E-state index >= 15 is 0 Å². The molecule has 0 fully saturated rings. The van der Waals surface area contributed by atoms with Gasteiger partial charge in [0, 0.05) is 18.2 Å². The van der Waals surface area contributed by atoms with Crippen molar-refractivity contribution in [1.29, 1.82) is 0 Å². The highest BCUT2D eigenvalue weighted by atomic mass is 19.4. The van der Waals surface area contributed by atoms with Gasteiger partial charge in [-0.15, -0.1) is 0 Å². The fourth-order valence-corrected chi connectivity index (χ4v) is 2.10. The molecule has 0 spiro atoms. The Morgan fingerprint density at radius 2 is 2.11 bits per heavy atom. The number of nitrogens with zero attached hydrogens (tertiary/aromatic N) is 1. The number of halogens is 3. The van der Waals surface area contributed by atoms with Gasteiger partial charge < -0.3 is 0 Å². The Bertz CT molecular complexity index is 399. The van der Waals surface area contributed by atoms with Gasteiger partial charge in [-0.25, -0.2) is 5.06 Å². The maximum atomic E-state index is 12.7. The normalized spacial score (nSPS) is 19.8. The molecule has 1 amide bonds. The smallest absolute Gasteiger partial charge is 0.274 e. The number of allylic oxidation sites excluding steroid dienone is 3. The zero-order valence-electron chi connectivity index (χ0n) is 11.3. The minimum atomic E-state index is -4.33. The lowest BCUT2D eigenvalue weighted by atomic mass is 9.83. The van der Waals surface area contributed by atoms with Gasteiger partial charge in [-0.1, -0.05) is 25.5 Å². The Morgan fingerprint density at radius 3 is 2.58 bits per heavy atom. The largest absolute Gasteiger partial charge is 0.412 e. The number of hydrogen-bond donors (Lipinski definition) is 0. The van der Waals surface area contributed by atoms with Crippen molar-refractivity contribution < 1.29 is 22.8 Å². The number of carbonyl (C=O) groups excluding carboxylic acids is 1. The molecule has 0 aromatic carbocycles. The molecule has 0 bridgehead atoms. The summed E-state index contributed by atoms with van der Waals surface area (Å²) in [6, 6.07) is 0. The predicted molar refractivity (Wildman–Crippen MR) is 65.0 cm³/mol. The number of hydroxylamine groups is 2. The molecule has 0 saturated heterocycles. The van der Waals surface area contributed by atoms with Gasteiger partial charge in [0.25, 0.3) is 5.91 Å². The molecule has 108 valence electrons. The molecule has 0 aliphatic heterocycles. The van der Waals surface area contributed by atoms with Crippen LogP contribution in [0.25, 0.3) is 0 Å². The maximum Gasteiger partial charge on any atom is 0.412 e. The van der Waals surface area contributed by atoms with Crippen molar-refractivity contribution in [2.45, 2.75) is 32.4 Å². The van der Waals surface area contributed by atoms with E-state index < -0.39 is 23.6 Å². The van der Waals surface area contributed by atoms with E-state index in [2.05, 4.69) is 0 Å².